The molecule has 9 heteroatoms. The van der Waals surface area contributed by atoms with E-state index >= 15 is 0 Å². The highest BCUT2D eigenvalue weighted by Gasteiger charge is 2.26. The molecular formula is C21H29ClFN3O4. The van der Waals surface area contributed by atoms with E-state index in [0.717, 1.165) is 25.7 Å². The van der Waals surface area contributed by atoms with Gasteiger partial charge >= 0.3 is 0 Å². The predicted molar refractivity (Wildman–Crippen MR) is 113 cm³/mol. The molecule has 1 fully saturated rings. The average Bonchev–Trinajstić information content (AvgIpc) is 3.02. The Hall–Kier alpha value is -2.06. The minimum absolute atomic E-state index is 0.0160. The molecule has 1 amide bonds. The minimum atomic E-state index is -0.492. The maximum Gasteiger partial charge on any atom is 0.297 e. The number of carbonyl (C=O) groups excluding carboxylic acids is 1. The zero-order chi connectivity index (χ0) is 21.8. The summed E-state index contributed by atoms with van der Waals surface area (Å²) in [5, 5.41) is 3.14. The van der Waals surface area contributed by atoms with Crippen molar-refractivity contribution < 1.29 is 23.4 Å². The molecule has 0 aliphatic heterocycles. The van der Waals surface area contributed by atoms with Crippen molar-refractivity contribution >= 4 is 28.5 Å². The van der Waals surface area contributed by atoms with Crippen LogP contribution in [0.4, 0.5) is 4.39 Å². The zero-order valence-corrected chi connectivity index (χ0v) is 18.6. The van der Waals surface area contributed by atoms with Crippen molar-refractivity contribution in [1.82, 2.24) is 14.9 Å². The number of hydrogen-bond acceptors (Lipinski definition) is 5. The van der Waals surface area contributed by atoms with E-state index in [1.807, 2.05) is 13.8 Å². The Morgan fingerprint density at radius 2 is 2.03 bits per heavy atom. The van der Waals surface area contributed by atoms with Crippen LogP contribution in [0, 0.1) is 5.82 Å². The van der Waals surface area contributed by atoms with Crippen molar-refractivity contribution in [2.45, 2.75) is 64.7 Å². The lowest BCUT2D eigenvalue weighted by Crippen LogP contribution is -2.37. The molecular weight excluding hydrogens is 413 g/mol. The minimum Gasteiger partial charge on any atom is -0.492 e. The molecule has 166 valence electrons. The number of nitrogens with one attached hydrogen (secondary N) is 1. The summed E-state index contributed by atoms with van der Waals surface area (Å²) in [5.74, 6) is -0.255. The Balaban J connectivity index is 1.61. The monoisotopic (exact) mass is 441 g/mol. The highest BCUT2D eigenvalue weighted by Crippen LogP contribution is 2.37. The van der Waals surface area contributed by atoms with Crippen LogP contribution in [-0.2, 0) is 16.6 Å². The molecule has 2 aromatic rings. The molecule has 7 nitrogen and oxygen atoms in total. The van der Waals surface area contributed by atoms with Crippen LogP contribution in [0.2, 0.25) is 5.02 Å². The van der Waals surface area contributed by atoms with Gasteiger partial charge < -0.3 is 19.5 Å². The average molecular weight is 442 g/mol. The fourth-order valence-corrected chi connectivity index (χ4v) is 4.09. The van der Waals surface area contributed by atoms with Gasteiger partial charge in [-0.05, 0) is 39.5 Å². The third kappa shape index (κ3) is 5.16. The summed E-state index contributed by atoms with van der Waals surface area (Å²) in [6.45, 7) is 6.11. The summed E-state index contributed by atoms with van der Waals surface area (Å²) in [6, 6.07) is 1.58. The molecule has 1 aliphatic carbocycles. The Labute approximate surface area is 180 Å². The molecule has 1 heterocycles. The van der Waals surface area contributed by atoms with Gasteiger partial charge in [-0.15, -0.1) is 0 Å². The predicted octanol–water partition coefficient (Wildman–Crippen LogP) is 4.00. The number of nitrogens with zero attached hydrogens (tertiary/aromatic N) is 2. The van der Waals surface area contributed by atoms with Gasteiger partial charge in [0.25, 0.3) is 6.01 Å². The van der Waals surface area contributed by atoms with Crippen LogP contribution < -0.4 is 14.8 Å². The molecule has 0 spiro atoms. The van der Waals surface area contributed by atoms with Crippen molar-refractivity contribution in [3.05, 3.63) is 16.9 Å². The summed E-state index contributed by atoms with van der Waals surface area (Å²) >= 11 is 6.41. The van der Waals surface area contributed by atoms with E-state index in [1.54, 1.807) is 11.6 Å². The first-order chi connectivity index (χ1) is 14.3. The summed E-state index contributed by atoms with van der Waals surface area (Å²) in [4.78, 5) is 15.4. The topological polar surface area (TPSA) is 74.6 Å². The third-order valence-corrected chi connectivity index (χ3v) is 5.55. The Bertz CT molecular complexity index is 896. The third-order valence-electron chi connectivity index (χ3n) is 5.19. The van der Waals surface area contributed by atoms with Crippen molar-refractivity contribution in [1.29, 1.82) is 0 Å². The van der Waals surface area contributed by atoms with Crippen LogP contribution in [0.25, 0.3) is 11.0 Å². The van der Waals surface area contributed by atoms with Gasteiger partial charge in [0.05, 0.1) is 24.8 Å². The number of carbonyl (C=O) groups is 1. The van der Waals surface area contributed by atoms with Gasteiger partial charge in [0.2, 0.25) is 5.91 Å². The number of fused-ring (bicyclic) bond motifs is 1. The molecule has 0 unspecified atom stereocenters. The lowest BCUT2D eigenvalue weighted by atomic mass is 9.95. The van der Waals surface area contributed by atoms with E-state index in [0.29, 0.717) is 35.5 Å². The smallest absolute Gasteiger partial charge is 0.297 e. The van der Waals surface area contributed by atoms with E-state index in [-0.39, 0.29) is 29.7 Å². The van der Waals surface area contributed by atoms with E-state index in [9.17, 15) is 9.18 Å². The molecule has 0 bridgehead atoms. The number of ether oxygens (including phenoxy) is 3. The van der Waals surface area contributed by atoms with Crippen LogP contribution in [0.5, 0.6) is 11.8 Å². The van der Waals surface area contributed by atoms with Crippen LogP contribution in [-0.4, -0.2) is 46.9 Å². The maximum absolute atomic E-state index is 14.5. The van der Waals surface area contributed by atoms with Crippen molar-refractivity contribution in [3.8, 4) is 11.8 Å². The first kappa shape index (κ1) is 22.6. The SMILES string of the molecule is CCOc1cc(F)c2nc(OC3CCC(OC[C@H](C)NC(C)=O)CC3)n(C)c2c1Cl. The number of rotatable bonds is 8. The highest BCUT2D eigenvalue weighted by atomic mass is 35.5. The summed E-state index contributed by atoms with van der Waals surface area (Å²) < 4.78 is 33.6. The highest BCUT2D eigenvalue weighted by molar-refractivity contribution is 6.36. The van der Waals surface area contributed by atoms with Crippen LogP contribution in [0.3, 0.4) is 0 Å². The van der Waals surface area contributed by atoms with E-state index in [1.165, 1.54) is 13.0 Å². The van der Waals surface area contributed by atoms with Gasteiger partial charge in [-0.1, -0.05) is 11.6 Å². The number of aryl methyl sites for hydroxylation is 1. The first-order valence-corrected chi connectivity index (χ1v) is 10.7. The molecule has 0 radical (unpaired) electrons. The van der Waals surface area contributed by atoms with Crippen molar-refractivity contribution in [3.63, 3.8) is 0 Å². The number of amides is 1. The Morgan fingerprint density at radius 1 is 1.37 bits per heavy atom. The van der Waals surface area contributed by atoms with Crippen molar-refractivity contribution in [2.24, 2.45) is 7.05 Å². The Morgan fingerprint density at radius 3 is 2.67 bits per heavy atom. The molecule has 1 aromatic heterocycles. The van der Waals surface area contributed by atoms with Gasteiger partial charge in [0.15, 0.2) is 5.82 Å². The Kier molecular flexibility index (Phi) is 7.41. The molecule has 3 rings (SSSR count). The van der Waals surface area contributed by atoms with Crippen molar-refractivity contribution in [2.75, 3.05) is 13.2 Å². The van der Waals surface area contributed by atoms with Gasteiger partial charge in [-0.3, -0.25) is 9.36 Å². The molecule has 1 N–H and O–H groups in total. The van der Waals surface area contributed by atoms with Gasteiger partial charge in [-0.25, -0.2) is 4.39 Å². The number of aromatic nitrogens is 2. The summed E-state index contributed by atoms with van der Waals surface area (Å²) in [5.41, 5.74) is 0.629. The number of hydrogen-bond donors (Lipinski definition) is 1. The van der Waals surface area contributed by atoms with Crippen LogP contribution in [0.1, 0.15) is 46.5 Å². The molecule has 0 saturated heterocycles. The number of benzene rings is 1. The molecule has 30 heavy (non-hydrogen) atoms. The molecule has 1 atom stereocenters. The summed E-state index contributed by atoms with van der Waals surface area (Å²) in [6.07, 6.45) is 3.44. The number of halogens is 2. The fourth-order valence-electron chi connectivity index (χ4n) is 3.76. The largest absolute Gasteiger partial charge is 0.492 e. The lowest BCUT2D eigenvalue weighted by molar-refractivity contribution is -0.120. The van der Waals surface area contributed by atoms with Gasteiger partial charge in [0, 0.05) is 26.1 Å². The van der Waals surface area contributed by atoms with E-state index < -0.39 is 5.82 Å². The van der Waals surface area contributed by atoms with E-state index in [4.69, 9.17) is 25.8 Å². The van der Waals surface area contributed by atoms with Gasteiger partial charge in [-0.2, -0.15) is 4.98 Å². The quantitative estimate of drug-likeness (QED) is 0.670. The second-order valence-electron chi connectivity index (χ2n) is 7.71. The van der Waals surface area contributed by atoms with Crippen LogP contribution in [0.15, 0.2) is 6.07 Å². The zero-order valence-electron chi connectivity index (χ0n) is 17.8. The lowest BCUT2D eigenvalue weighted by Gasteiger charge is -2.29. The normalized spacial score (nSPS) is 20.2. The molecule has 1 aliphatic rings. The molecule has 1 saturated carbocycles. The first-order valence-electron chi connectivity index (χ1n) is 10.3. The number of imidazole rings is 1. The standard InChI is InChI=1S/C21H29ClFN3O4/c1-5-28-17-10-16(23)19-20(18(17)22)26(4)21(25-19)30-15-8-6-14(7-9-15)29-11-12(2)24-13(3)27/h10,12,14-15H,5-9,11H2,1-4H3,(H,24,27)/t12-,14?,15?/m0/s1. The maximum atomic E-state index is 14.5. The molecule has 1 aromatic carbocycles. The van der Waals surface area contributed by atoms with Crippen LogP contribution >= 0.6 is 11.6 Å². The fraction of sp³-hybridized carbons (Fsp3) is 0.619. The summed E-state index contributed by atoms with van der Waals surface area (Å²) in [7, 11) is 1.75. The second kappa shape index (κ2) is 9.83. The second-order valence-corrected chi connectivity index (χ2v) is 8.08. The van der Waals surface area contributed by atoms with E-state index in [2.05, 4.69) is 10.3 Å². The van der Waals surface area contributed by atoms with Gasteiger partial charge in [0.1, 0.15) is 22.4 Å².